The fourth-order valence-corrected chi connectivity index (χ4v) is 50.7. The van der Waals surface area contributed by atoms with Crippen LogP contribution in [0, 0.1) is 0 Å². The van der Waals surface area contributed by atoms with E-state index in [4.69, 9.17) is 4.74 Å². The van der Waals surface area contributed by atoms with E-state index >= 15 is 0 Å². The van der Waals surface area contributed by atoms with Crippen LogP contribution < -0.4 is 9.92 Å². The summed E-state index contributed by atoms with van der Waals surface area (Å²) in [6.45, 7) is 48.0. The normalized spacial score (nSPS) is 14.7. The number of hydrogen-bond donors (Lipinski definition) is 0. The predicted molar refractivity (Wildman–Crippen MR) is 236 cm³/mol. The Morgan fingerprint density at radius 2 is 0.750 bits per heavy atom. The minimum Gasteiger partial charge on any atom is -0.456 e. The summed E-state index contributed by atoms with van der Waals surface area (Å²) in [5.41, 5.74) is 7.81. The average molecular weight is 761 g/mol. The van der Waals surface area contributed by atoms with E-state index in [1.165, 1.54) is 16.3 Å². The molecule has 1 heterocycles. The van der Waals surface area contributed by atoms with Crippen LogP contribution in [0.4, 0.5) is 0 Å². The molecule has 1 radical (unpaired) electrons. The van der Waals surface area contributed by atoms with E-state index in [-0.39, 0.29) is 0 Å². The van der Waals surface area contributed by atoms with Gasteiger partial charge in [-0.3, -0.25) is 0 Å². The van der Waals surface area contributed by atoms with Crippen LogP contribution in [0.1, 0.15) is 43.3 Å². The smallest absolute Gasteiger partial charge is 0.134 e. The lowest BCUT2D eigenvalue weighted by molar-refractivity contribution is 0.476. The van der Waals surface area contributed by atoms with Gasteiger partial charge in [-0.1, -0.05) is 166 Å². The molecule has 4 rings (SSSR count). The van der Waals surface area contributed by atoms with Crippen molar-refractivity contribution in [1.82, 2.24) is 0 Å². The second kappa shape index (κ2) is 13.4. The third-order valence-electron chi connectivity index (χ3n) is 10.2. The fourth-order valence-electron chi connectivity index (χ4n) is 10.3. The first-order valence-corrected chi connectivity index (χ1v) is 40.8. The number of fused-ring (bicyclic) bond motifs is 2. The van der Waals surface area contributed by atoms with Crippen LogP contribution in [0.3, 0.4) is 0 Å². The van der Waals surface area contributed by atoms with Crippen LogP contribution in [0.25, 0.3) is 0 Å². The van der Waals surface area contributed by atoms with Gasteiger partial charge in [0, 0.05) is 59.6 Å². The Kier molecular flexibility index (Phi) is 11.1. The highest BCUT2D eigenvalue weighted by Crippen LogP contribution is 2.44. The summed E-state index contributed by atoms with van der Waals surface area (Å²) in [5.74, 6) is 2.02. The van der Waals surface area contributed by atoms with Crippen molar-refractivity contribution >= 4 is 67.9 Å². The lowest BCUT2D eigenvalue weighted by atomic mass is 10.0. The highest BCUT2D eigenvalue weighted by Gasteiger charge is 2.46. The van der Waals surface area contributed by atoms with Gasteiger partial charge in [0.05, 0.1) is 9.13 Å². The third-order valence-corrected chi connectivity index (χ3v) is 39.7. The molecule has 0 bridgehead atoms. The number of para-hydroxylation sites is 2. The fraction of sp³-hybridized carbons (Fsp3) is 0.525. The minimum atomic E-state index is -1.62. The zero-order valence-electron chi connectivity index (χ0n) is 33.9. The molecule has 0 unspecified atom stereocenters. The Balaban J connectivity index is 2.33. The molecule has 3 aromatic rings. The van der Waals surface area contributed by atoms with Gasteiger partial charge in [-0.25, -0.2) is 0 Å². The van der Waals surface area contributed by atoms with E-state index in [0.717, 1.165) is 16.7 Å². The molecule has 1 nitrogen and oxygen atoms in total. The minimum absolute atomic E-state index is 0.599. The van der Waals surface area contributed by atoms with Crippen molar-refractivity contribution in [1.29, 1.82) is 0 Å². The van der Waals surface area contributed by atoms with Crippen molar-refractivity contribution in [3.05, 3.63) is 88.5 Å². The zero-order chi connectivity index (χ0) is 36.4. The molecule has 0 atom stereocenters. The monoisotopic (exact) mass is 759 g/mol. The summed E-state index contributed by atoms with van der Waals surface area (Å²) in [5, 5.41) is 5.29. The van der Waals surface area contributed by atoms with Crippen molar-refractivity contribution in [2.75, 3.05) is 0 Å². The molecular formula is C40H67OSi7. The molecule has 8 heteroatoms. The number of hydrogen-bond acceptors (Lipinski definition) is 1. The predicted octanol–water partition coefficient (Wildman–Crippen LogP) is 11.9. The summed E-state index contributed by atoms with van der Waals surface area (Å²) in [7, 11) is -8.96. The molecule has 0 saturated carbocycles. The van der Waals surface area contributed by atoms with E-state index in [2.05, 4.69) is 179 Å². The first kappa shape index (κ1) is 39.6. The van der Waals surface area contributed by atoms with Gasteiger partial charge in [0.1, 0.15) is 11.5 Å². The van der Waals surface area contributed by atoms with Gasteiger partial charge in [-0.05, 0) is 54.7 Å². The Bertz CT molecular complexity index is 1520. The van der Waals surface area contributed by atoms with Crippen LogP contribution in [-0.2, 0) is 0 Å². The van der Waals surface area contributed by atoms with Gasteiger partial charge in [-0.15, -0.1) is 0 Å². The first-order valence-electron chi connectivity index (χ1n) is 18.3. The highest BCUT2D eigenvalue weighted by molar-refractivity contribution is 6.98. The molecule has 0 saturated heterocycles. The van der Waals surface area contributed by atoms with Crippen molar-refractivity contribution in [2.24, 2.45) is 0 Å². The maximum Gasteiger partial charge on any atom is 0.134 e. The van der Waals surface area contributed by atoms with E-state index in [0.29, 0.717) is 19.5 Å². The lowest BCUT2D eigenvalue weighted by Gasteiger charge is -2.45. The van der Waals surface area contributed by atoms with E-state index in [1.807, 2.05) is 0 Å². The standard InChI is InChI=1S/C40H67OSi7/c1-43(2,3)38(44(4,5)6)29-27-32(39(45(7,8)9)46(10,11)12)37(33(28-29)40(47(13,14)15)48(16,17)18)42-36-30-23-19-21-25-34(30)41-35-26-22-20-24-31(35)36/h19-28,38-40H,1-18H3. The molecule has 0 N–H and O–H groups in total. The molecule has 3 aromatic carbocycles. The highest BCUT2D eigenvalue weighted by atomic mass is 28.4. The van der Waals surface area contributed by atoms with Crippen molar-refractivity contribution < 1.29 is 4.74 Å². The quantitative estimate of drug-likeness (QED) is 0.146. The Hall–Kier alpha value is -1.15. The van der Waals surface area contributed by atoms with Gasteiger partial charge in [0.15, 0.2) is 0 Å². The number of rotatable bonds is 10. The van der Waals surface area contributed by atoms with Gasteiger partial charge >= 0.3 is 0 Å². The van der Waals surface area contributed by atoms with Crippen molar-refractivity contribution in [2.45, 2.75) is 133 Å². The van der Waals surface area contributed by atoms with Gasteiger partial charge in [0.25, 0.3) is 0 Å². The molecule has 1 aliphatic heterocycles. The Labute approximate surface area is 304 Å². The van der Waals surface area contributed by atoms with E-state index < -0.39 is 48.4 Å². The SMILES string of the molecule is C[Si](C)(C)C(c1cc(C([Si](C)(C)C)[Si](C)(C)C)c([Si]=C2c3ccccc3Oc3ccccc32)c(C([Si](C)(C)C)[Si](C)(C)C)c1)[Si](C)(C)C. The topological polar surface area (TPSA) is 9.23 Å². The second-order valence-electron chi connectivity index (χ2n) is 21.2. The lowest BCUT2D eigenvalue weighted by Crippen LogP contribution is -2.53. The van der Waals surface area contributed by atoms with Gasteiger partial charge < -0.3 is 4.74 Å². The molecule has 0 amide bonds. The molecule has 261 valence electrons. The van der Waals surface area contributed by atoms with Crippen LogP contribution >= 0.6 is 0 Å². The van der Waals surface area contributed by atoms with Crippen LogP contribution in [-0.4, -0.2) is 62.7 Å². The Morgan fingerprint density at radius 1 is 0.438 bits per heavy atom. The maximum absolute atomic E-state index is 6.56. The summed E-state index contributed by atoms with van der Waals surface area (Å²) in [4.78, 5) is 0. The summed E-state index contributed by atoms with van der Waals surface area (Å²) in [6, 6.07) is 23.4. The van der Waals surface area contributed by atoms with Gasteiger partial charge in [0.2, 0.25) is 0 Å². The molecule has 0 spiro atoms. The molecular weight excluding hydrogens is 693 g/mol. The van der Waals surface area contributed by atoms with Crippen molar-refractivity contribution in [3.63, 3.8) is 0 Å². The Morgan fingerprint density at radius 3 is 1.06 bits per heavy atom. The molecule has 48 heavy (non-hydrogen) atoms. The largest absolute Gasteiger partial charge is 0.456 e. The summed E-state index contributed by atoms with van der Waals surface area (Å²) >= 11 is 0. The molecule has 0 aliphatic carbocycles. The molecule has 0 aromatic heterocycles. The number of benzene rings is 3. The van der Waals surface area contributed by atoms with Crippen LogP contribution in [0.15, 0.2) is 60.7 Å². The summed E-state index contributed by atoms with van der Waals surface area (Å²) < 4.78 is 6.56. The summed E-state index contributed by atoms with van der Waals surface area (Å²) in [6.07, 6.45) is 0. The van der Waals surface area contributed by atoms with Crippen LogP contribution in [0.2, 0.25) is 118 Å². The third kappa shape index (κ3) is 8.48. The number of ether oxygens (including phenoxy) is 1. The van der Waals surface area contributed by atoms with Crippen molar-refractivity contribution in [3.8, 4) is 11.5 Å². The first-order chi connectivity index (χ1) is 21.6. The zero-order valence-corrected chi connectivity index (χ0v) is 40.9. The van der Waals surface area contributed by atoms with E-state index in [9.17, 15) is 0 Å². The van der Waals surface area contributed by atoms with E-state index in [1.54, 1.807) is 21.9 Å². The van der Waals surface area contributed by atoms with Crippen LogP contribution in [0.5, 0.6) is 11.5 Å². The average Bonchev–Trinajstić information content (AvgIpc) is 2.85. The van der Waals surface area contributed by atoms with Gasteiger partial charge in [-0.2, -0.15) is 0 Å². The maximum atomic E-state index is 6.56. The second-order valence-corrected chi connectivity index (χ2v) is 56.0. The molecule has 0 fully saturated rings. The molecule has 1 aliphatic rings.